The highest BCUT2D eigenvalue weighted by Gasteiger charge is 2.73. The number of aliphatic hydroxyl groups is 2. The van der Waals surface area contributed by atoms with Crippen LogP contribution in [0.5, 0.6) is 0 Å². The SMILES string of the molecule is NC1=NC2C(CN3C(=O)CCC3=O)N=C(N)N3CC(NC(=O)c4ccccc4)C(O)(O)[C@]23N1. The third-order valence-corrected chi connectivity index (χ3v) is 6.67. The van der Waals surface area contributed by atoms with Gasteiger partial charge >= 0.3 is 0 Å². The van der Waals surface area contributed by atoms with Crippen LogP contribution in [0.25, 0.3) is 0 Å². The number of nitrogens with zero attached hydrogens (tertiary/aromatic N) is 4. The summed E-state index contributed by atoms with van der Waals surface area (Å²) in [6.45, 7) is -0.226. The fourth-order valence-corrected chi connectivity index (χ4v) is 5.08. The van der Waals surface area contributed by atoms with Gasteiger partial charge in [0.1, 0.15) is 12.1 Å². The second-order valence-electron chi connectivity index (χ2n) is 8.53. The lowest BCUT2D eigenvalue weighted by atomic mass is 9.84. The number of benzene rings is 1. The van der Waals surface area contributed by atoms with Crippen molar-refractivity contribution in [1.29, 1.82) is 0 Å². The topological polar surface area (TPSA) is 199 Å². The molecule has 4 aliphatic heterocycles. The molecule has 4 atom stereocenters. The van der Waals surface area contributed by atoms with Crippen LogP contribution >= 0.6 is 0 Å². The van der Waals surface area contributed by atoms with E-state index in [1.807, 2.05) is 0 Å². The number of nitrogens with two attached hydrogens (primary N) is 2. The van der Waals surface area contributed by atoms with Crippen molar-refractivity contribution in [2.24, 2.45) is 21.5 Å². The Kier molecular flexibility index (Phi) is 4.58. The summed E-state index contributed by atoms with van der Waals surface area (Å²) in [6.07, 6.45) is 0.210. The van der Waals surface area contributed by atoms with Gasteiger partial charge in [0, 0.05) is 24.9 Å². The largest absolute Gasteiger partial charge is 0.370 e. The van der Waals surface area contributed by atoms with Gasteiger partial charge in [-0.05, 0) is 12.1 Å². The molecule has 0 aliphatic carbocycles. The molecule has 174 valence electrons. The van der Waals surface area contributed by atoms with Crippen LogP contribution < -0.4 is 22.1 Å². The second kappa shape index (κ2) is 7.15. The minimum atomic E-state index is -2.59. The number of rotatable bonds is 4. The van der Waals surface area contributed by atoms with Crippen LogP contribution in [0.3, 0.4) is 0 Å². The lowest BCUT2D eigenvalue weighted by Gasteiger charge is -2.49. The Balaban J connectivity index is 1.48. The first-order valence-corrected chi connectivity index (χ1v) is 10.5. The van der Waals surface area contributed by atoms with Gasteiger partial charge in [0.05, 0.1) is 12.6 Å². The van der Waals surface area contributed by atoms with Crippen LogP contribution in [-0.2, 0) is 9.59 Å². The van der Waals surface area contributed by atoms with E-state index in [0.717, 1.165) is 4.90 Å². The zero-order valence-corrected chi connectivity index (χ0v) is 17.5. The monoisotopic (exact) mass is 456 g/mol. The van der Waals surface area contributed by atoms with Gasteiger partial charge in [-0.25, -0.2) is 9.98 Å². The van der Waals surface area contributed by atoms with E-state index in [1.165, 1.54) is 4.90 Å². The van der Waals surface area contributed by atoms with Crippen molar-refractivity contribution >= 4 is 29.6 Å². The predicted octanol–water partition coefficient (Wildman–Crippen LogP) is -3.39. The minimum Gasteiger partial charge on any atom is -0.370 e. The number of nitrogens with one attached hydrogen (secondary N) is 2. The number of imide groups is 1. The molecular formula is C20H24N8O5. The minimum absolute atomic E-state index is 0.0586. The number of hydrogen-bond acceptors (Lipinski definition) is 11. The molecule has 0 radical (unpaired) electrons. The maximum atomic E-state index is 12.7. The Bertz CT molecular complexity index is 1070. The zero-order chi connectivity index (χ0) is 23.5. The van der Waals surface area contributed by atoms with Crippen molar-refractivity contribution < 1.29 is 24.6 Å². The quantitative estimate of drug-likeness (QED) is 0.197. The zero-order valence-electron chi connectivity index (χ0n) is 17.5. The summed E-state index contributed by atoms with van der Waals surface area (Å²) < 4.78 is 0. The van der Waals surface area contributed by atoms with E-state index in [4.69, 9.17) is 11.5 Å². The Morgan fingerprint density at radius 3 is 2.48 bits per heavy atom. The number of likely N-dealkylation sites (tertiary alicyclic amines) is 1. The smallest absolute Gasteiger partial charge is 0.251 e. The van der Waals surface area contributed by atoms with Crippen LogP contribution in [0.2, 0.25) is 0 Å². The maximum absolute atomic E-state index is 12.7. The van der Waals surface area contributed by atoms with Crippen LogP contribution in [0, 0.1) is 0 Å². The molecule has 4 heterocycles. The summed E-state index contributed by atoms with van der Waals surface area (Å²) in [6, 6.07) is 5.27. The molecule has 33 heavy (non-hydrogen) atoms. The van der Waals surface area contributed by atoms with Gasteiger partial charge in [-0.3, -0.25) is 19.3 Å². The van der Waals surface area contributed by atoms with Crippen LogP contribution in [-0.4, -0.2) is 92.3 Å². The molecule has 3 unspecified atom stereocenters. The Morgan fingerprint density at radius 2 is 1.82 bits per heavy atom. The first-order chi connectivity index (χ1) is 15.6. The third kappa shape index (κ3) is 2.96. The standard InChI is InChI=1S/C20H24N8O5/c21-17-25-15-11(8-27-13(29)6-7-14(27)30)23-18(22)28-9-12(20(32,33)19(15,28)26-17)24-16(31)10-4-2-1-3-5-10/h1-5,11-12,15,32-33H,6-9H2,(H2,22,23)(H,24,31)(H3,21,25,26)/t11?,12?,15?,19-/m0/s1. The highest BCUT2D eigenvalue weighted by Crippen LogP contribution is 2.45. The number of hydrogen-bond donors (Lipinski definition) is 6. The molecule has 1 spiro atoms. The van der Waals surface area contributed by atoms with Gasteiger partial charge in [-0.1, -0.05) is 18.2 Å². The van der Waals surface area contributed by atoms with Crippen molar-refractivity contribution in [3.05, 3.63) is 35.9 Å². The molecular weight excluding hydrogens is 432 g/mol. The Labute approximate surface area is 188 Å². The average Bonchev–Trinajstić information content (AvgIpc) is 3.37. The molecule has 1 aromatic carbocycles. The van der Waals surface area contributed by atoms with E-state index in [9.17, 15) is 24.6 Å². The molecule has 3 amide bonds. The molecule has 13 nitrogen and oxygen atoms in total. The van der Waals surface area contributed by atoms with E-state index < -0.39 is 35.5 Å². The van der Waals surface area contributed by atoms with Gasteiger partial charge in [0.2, 0.25) is 17.6 Å². The summed E-state index contributed by atoms with van der Waals surface area (Å²) in [7, 11) is 0. The number of carbonyl (C=O) groups excluding carboxylic acids is 3. The summed E-state index contributed by atoms with van der Waals surface area (Å²) >= 11 is 0. The highest BCUT2D eigenvalue weighted by molar-refractivity contribution is 6.02. The number of amides is 3. The molecule has 8 N–H and O–H groups in total. The van der Waals surface area contributed by atoms with Crippen LogP contribution in [0.15, 0.2) is 40.3 Å². The Morgan fingerprint density at radius 1 is 1.15 bits per heavy atom. The van der Waals surface area contributed by atoms with Crippen molar-refractivity contribution in [3.63, 3.8) is 0 Å². The van der Waals surface area contributed by atoms with E-state index in [1.54, 1.807) is 30.3 Å². The van der Waals surface area contributed by atoms with E-state index in [2.05, 4.69) is 20.6 Å². The molecule has 0 aromatic heterocycles. The average molecular weight is 456 g/mol. The van der Waals surface area contributed by atoms with Crippen molar-refractivity contribution in [1.82, 2.24) is 20.4 Å². The van der Waals surface area contributed by atoms with Crippen molar-refractivity contribution in [3.8, 4) is 0 Å². The normalized spacial score (nSPS) is 32.1. The van der Waals surface area contributed by atoms with Gasteiger partial charge < -0.3 is 37.2 Å². The summed E-state index contributed by atoms with van der Waals surface area (Å²) in [4.78, 5) is 48.2. The Hall–Kier alpha value is -3.71. The summed E-state index contributed by atoms with van der Waals surface area (Å²) in [5.74, 6) is -3.92. The molecule has 1 aromatic rings. The molecule has 4 aliphatic rings. The van der Waals surface area contributed by atoms with Gasteiger partial charge in [0.15, 0.2) is 17.6 Å². The summed E-state index contributed by atoms with van der Waals surface area (Å²) in [5.41, 5.74) is 10.7. The molecule has 2 fully saturated rings. The van der Waals surface area contributed by atoms with Crippen LogP contribution in [0.4, 0.5) is 0 Å². The van der Waals surface area contributed by atoms with E-state index in [-0.39, 0.29) is 49.7 Å². The number of carbonyl (C=O) groups is 3. The lowest BCUT2D eigenvalue weighted by Crippen LogP contribution is -2.78. The first kappa shape index (κ1) is 21.2. The number of aliphatic imine (C=N–C) groups is 2. The van der Waals surface area contributed by atoms with E-state index in [0.29, 0.717) is 5.56 Å². The molecule has 5 rings (SSSR count). The third-order valence-electron chi connectivity index (χ3n) is 6.67. The fourth-order valence-electron chi connectivity index (χ4n) is 5.08. The molecule has 2 saturated heterocycles. The molecule has 0 bridgehead atoms. The van der Waals surface area contributed by atoms with Crippen molar-refractivity contribution in [2.75, 3.05) is 13.1 Å². The number of guanidine groups is 2. The molecule has 0 saturated carbocycles. The maximum Gasteiger partial charge on any atom is 0.251 e. The van der Waals surface area contributed by atoms with Gasteiger partial charge in [0.25, 0.3) is 5.91 Å². The fraction of sp³-hybridized carbons (Fsp3) is 0.450. The van der Waals surface area contributed by atoms with Gasteiger partial charge in [-0.15, -0.1) is 0 Å². The molecule has 13 heteroatoms. The van der Waals surface area contributed by atoms with E-state index >= 15 is 0 Å². The first-order valence-electron chi connectivity index (χ1n) is 10.5. The lowest BCUT2D eigenvalue weighted by molar-refractivity contribution is -0.230. The van der Waals surface area contributed by atoms with Crippen molar-refractivity contribution in [2.45, 2.75) is 42.4 Å². The predicted molar refractivity (Wildman–Crippen MR) is 114 cm³/mol. The van der Waals surface area contributed by atoms with Crippen LogP contribution in [0.1, 0.15) is 23.2 Å². The second-order valence-corrected chi connectivity index (χ2v) is 8.53. The summed E-state index contributed by atoms with van der Waals surface area (Å²) in [5, 5.41) is 28.2. The highest BCUT2D eigenvalue weighted by atomic mass is 16.5. The van der Waals surface area contributed by atoms with Gasteiger partial charge in [-0.2, -0.15) is 0 Å².